The van der Waals surface area contributed by atoms with E-state index >= 15 is 0 Å². The fourth-order valence-electron chi connectivity index (χ4n) is 2.54. The van der Waals surface area contributed by atoms with Crippen LogP contribution in [0.1, 0.15) is 36.8 Å². The topological polar surface area (TPSA) is 41.5 Å². The Morgan fingerprint density at radius 2 is 2.00 bits per heavy atom. The van der Waals surface area contributed by atoms with Crippen molar-refractivity contribution in [2.45, 2.75) is 51.7 Å². The van der Waals surface area contributed by atoms with E-state index in [4.69, 9.17) is 4.74 Å². The molecule has 1 saturated carbocycles. The zero-order chi connectivity index (χ0) is 13.7. The van der Waals surface area contributed by atoms with Crippen molar-refractivity contribution in [2.24, 2.45) is 0 Å². The number of rotatable bonds is 6. The molecule has 0 aromatic heterocycles. The van der Waals surface area contributed by atoms with Crippen LogP contribution in [-0.4, -0.2) is 30.4 Å². The Hall–Kier alpha value is -0.770. The monoisotopic (exact) mass is 299 g/mol. The minimum Gasteiger partial charge on any atom is -0.491 e. The molecule has 0 aliphatic heterocycles. The summed E-state index contributed by atoms with van der Waals surface area (Å²) in [4.78, 5) is 0. The predicted octanol–water partition coefficient (Wildman–Crippen LogP) is 3.00. The van der Waals surface area contributed by atoms with E-state index in [1.807, 2.05) is 26.0 Å². The third kappa shape index (κ3) is 5.31. The summed E-state index contributed by atoms with van der Waals surface area (Å²) in [6.45, 7) is 5.04. The average Bonchev–Trinajstić information content (AvgIpc) is 2.90. The van der Waals surface area contributed by atoms with Crippen LogP contribution in [0.2, 0.25) is 0 Å². The molecule has 2 rings (SSSR count). The lowest BCUT2D eigenvalue weighted by Gasteiger charge is -2.17. The van der Waals surface area contributed by atoms with Crippen molar-refractivity contribution in [3.05, 3.63) is 29.3 Å². The molecule has 1 aromatic carbocycles. The van der Waals surface area contributed by atoms with Gasteiger partial charge in [0.25, 0.3) is 0 Å². The highest BCUT2D eigenvalue weighted by molar-refractivity contribution is 5.85. The van der Waals surface area contributed by atoms with Crippen LogP contribution in [0.5, 0.6) is 5.75 Å². The number of aliphatic hydroxyl groups excluding tert-OH is 1. The SMILES string of the molecule is Cc1ccc(C)c(OCC(O)CNC2CCCC2)c1.Cl. The first-order valence-electron chi connectivity index (χ1n) is 7.26. The molecule has 20 heavy (non-hydrogen) atoms. The first-order valence-corrected chi connectivity index (χ1v) is 7.26. The summed E-state index contributed by atoms with van der Waals surface area (Å²) in [5.41, 5.74) is 2.29. The molecule has 114 valence electrons. The standard InChI is InChI=1S/C16H25NO2.ClH/c1-12-7-8-13(2)16(9-12)19-11-15(18)10-17-14-5-3-4-6-14;/h7-9,14-15,17-18H,3-6,10-11H2,1-2H3;1H. The molecule has 1 unspecified atom stereocenters. The molecule has 2 N–H and O–H groups in total. The van der Waals surface area contributed by atoms with Gasteiger partial charge in [-0.25, -0.2) is 0 Å². The largest absolute Gasteiger partial charge is 0.491 e. The van der Waals surface area contributed by atoms with Crippen LogP contribution < -0.4 is 10.1 Å². The Morgan fingerprint density at radius 3 is 2.70 bits per heavy atom. The minimum absolute atomic E-state index is 0. The second kappa shape index (κ2) is 8.50. The molecule has 0 radical (unpaired) electrons. The van der Waals surface area contributed by atoms with Gasteiger partial charge in [-0.15, -0.1) is 12.4 Å². The molecule has 0 amide bonds. The molecular weight excluding hydrogens is 274 g/mol. The van der Waals surface area contributed by atoms with Gasteiger partial charge in [0.1, 0.15) is 18.5 Å². The Balaban J connectivity index is 0.00000200. The summed E-state index contributed by atoms with van der Waals surface area (Å²) in [7, 11) is 0. The zero-order valence-corrected chi connectivity index (χ0v) is 13.2. The van der Waals surface area contributed by atoms with E-state index in [9.17, 15) is 5.11 Å². The van der Waals surface area contributed by atoms with Gasteiger partial charge in [0, 0.05) is 12.6 Å². The van der Waals surface area contributed by atoms with Gasteiger partial charge in [-0.2, -0.15) is 0 Å². The van der Waals surface area contributed by atoms with Gasteiger partial charge in [0.2, 0.25) is 0 Å². The quantitative estimate of drug-likeness (QED) is 0.848. The highest BCUT2D eigenvalue weighted by atomic mass is 35.5. The first kappa shape index (κ1) is 17.3. The van der Waals surface area contributed by atoms with Gasteiger partial charge in [0.05, 0.1) is 0 Å². The van der Waals surface area contributed by atoms with Gasteiger partial charge < -0.3 is 15.2 Å². The predicted molar refractivity (Wildman–Crippen MR) is 84.9 cm³/mol. The second-order valence-corrected chi connectivity index (χ2v) is 5.62. The van der Waals surface area contributed by atoms with E-state index in [0.29, 0.717) is 19.2 Å². The van der Waals surface area contributed by atoms with E-state index in [1.165, 1.54) is 31.2 Å². The number of hydrogen-bond donors (Lipinski definition) is 2. The molecule has 4 heteroatoms. The Morgan fingerprint density at radius 1 is 1.30 bits per heavy atom. The highest BCUT2D eigenvalue weighted by Gasteiger charge is 2.15. The van der Waals surface area contributed by atoms with Crippen molar-refractivity contribution in [3.63, 3.8) is 0 Å². The Kier molecular flexibility index (Phi) is 7.35. The molecular formula is C16H26ClNO2. The summed E-state index contributed by atoms with van der Waals surface area (Å²) in [5, 5.41) is 13.4. The van der Waals surface area contributed by atoms with Crippen LogP contribution in [-0.2, 0) is 0 Å². The lowest BCUT2D eigenvalue weighted by Crippen LogP contribution is -2.36. The van der Waals surface area contributed by atoms with Crippen molar-refractivity contribution in [1.82, 2.24) is 5.32 Å². The third-order valence-electron chi connectivity index (χ3n) is 3.77. The van der Waals surface area contributed by atoms with Crippen LogP contribution in [0.25, 0.3) is 0 Å². The normalized spacial score (nSPS) is 16.8. The number of halogens is 1. The van der Waals surface area contributed by atoms with Crippen LogP contribution in [0.15, 0.2) is 18.2 Å². The second-order valence-electron chi connectivity index (χ2n) is 5.62. The Bertz CT molecular complexity index is 405. The Labute approximate surface area is 128 Å². The molecule has 1 atom stereocenters. The summed E-state index contributed by atoms with van der Waals surface area (Å²) < 4.78 is 5.70. The third-order valence-corrected chi connectivity index (χ3v) is 3.77. The van der Waals surface area contributed by atoms with Crippen LogP contribution in [0.3, 0.4) is 0 Å². The van der Waals surface area contributed by atoms with E-state index in [0.717, 1.165) is 11.3 Å². The summed E-state index contributed by atoms with van der Waals surface area (Å²) in [6, 6.07) is 6.73. The van der Waals surface area contributed by atoms with Gasteiger partial charge in [-0.05, 0) is 43.9 Å². The van der Waals surface area contributed by atoms with Crippen molar-refractivity contribution in [1.29, 1.82) is 0 Å². The van der Waals surface area contributed by atoms with Crippen LogP contribution in [0, 0.1) is 13.8 Å². The number of aryl methyl sites for hydroxylation is 2. The maximum atomic E-state index is 9.94. The molecule has 1 aliphatic carbocycles. The van der Waals surface area contributed by atoms with E-state index in [1.54, 1.807) is 0 Å². The van der Waals surface area contributed by atoms with Gasteiger partial charge in [-0.1, -0.05) is 25.0 Å². The van der Waals surface area contributed by atoms with Crippen molar-refractivity contribution in [3.8, 4) is 5.75 Å². The van der Waals surface area contributed by atoms with Gasteiger partial charge in [-0.3, -0.25) is 0 Å². The lowest BCUT2D eigenvalue weighted by atomic mass is 10.1. The summed E-state index contributed by atoms with van der Waals surface area (Å²) in [6.07, 6.45) is 4.66. The summed E-state index contributed by atoms with van der Waals surface area (Å²) in [5.74, 6) is 0.875. The lowest BCUT2D eigenvalue weighted by molar-refractivity contribution is 0.103. The highest BCUT2D eigenvalue weighted by Crippen LogP contribution is 2.19. The summed E-state index contributed by atoms with van der Waals surface area (Å²) >= 11 is 0. The first-order chi connectivity index (χ1) is 9.15. The smallest absolute Gasteiger partial charge is 0.122 e. The zero-order valence-electron chi connectivity index (χ0n) is 12.4. The van der Waals surface area contributed by atoms with E-state index in [2.05, 4.69) is 11.4 Å². The maximum Gasteiger partial charge on any atom is 0.122 e. The molecule has 1 fully saturated rings. The minimum atomic E-state index is -0.444. The average molecular weight is 300 g/mol. The number of aliphatic hydroxyl groups is 1. The number of benzene rings is 1. The van der Waals surface area contributed by atoms with Crippen LogP contribution in [0.4, 0.5) is 0 Å². The fourth-order valence-corrected chi connectivity index (χ4v) is 2.54. The maximum absolute atomic E-state index is 9.94. The van der Waals surface area contributed by atoms with Crippen molar-refractivity contribution < 1.29 is 9.84 Å². The van der Waals surface area contributed by atoms with Crippen molar-refractivity contribution >= 4 is 12.4 Å². The molecule has 1 aromatic rings. The molecule has 3 nitrogen and oxygen atoms in total. The molecule has 0 spiro atoms. The molecule has 1 aliphatic rings. The van der Waals surface area contributed by atoms with E-state index < -0.39 is 6.10 Å². The van der Waals surface area contributed by atoms with E-state index in [-0.39, 0.29) is 12.4 Å². The molecule has 0 saturated heterocycles. The van der Waals surface area contributed by atoms with Crippen LogP contribution >= 0.6 is 12.4 Å². The molecule has 0 bridgehead atoms. The fraction of sp³-hybridized carbons (Fsp3) is 0.625. The van der Waals surface area contributed by atoms with Gasteiger partial charge in [0.15, 0.2) is 0 Å². The molecule has 0 heterocycles. The number of nitrogens with one attached hydrogen (secondary N) is 1. The number of ether oxygens (including phenoxy) is 1. The number of hydrogen-bond acceptors (Lipinski definition) is 3. The van der Waals surface area contributed by atoms with Crippen molar-refractivity contribution in [2.75, 3.05) is 13.2 Å². The van der Waals surface area contributed by atoms with Gasteiger partial charge >= 0.3 is 0 Å².